The van der Waals surface area contributed by atoms with Crippen molar-refractivity contribution in [2.75, 3.05) is 23.8 Å². The highest BCUT2D eigenvalue weighted by atomic mass is 35.5. The smallest absolute Gasteiger partial charge is 0.271 e. The second-order valence-electron chi connectivity index (χ2n) is 7.21. The van der Waals surface area contributed by atoms with Crippen LogP contribution in [0.1, 0.15) is 18.1 Å². The lowest BCUT2D eigenvalue weighted by Gasteiger charge is -2.16. The standard InChI is InChI=1S/C24H24ClN3O5/c1-3-32-22-12-17(14-26-18-7-5-9-20(13-18)28(30)31)11-21(25)24(22)33-15-23(29)27-19-8-4-6-16(2)10-19/h4-13,26H,3,14-15H2,1-2H3,(H,27,29). The Bertz CT molecular complexity index is 1150. The summed E-state index contributed by atoms with van der Waals surface area (Å²) >= 11 is 6.43. The Kier molecular flexibility index (Phi) is 8.10. The minimum Gasteiger partial charge on any atom is -0.490 e. The van der Waals surface area contributed by atoms with Crippen molar-refractivity contribution in [2.45, 2.75) is 20.4 Å². The number of nitrogens with zero attached hydrogens (tertiary/aromatic N) is 1. The monoisotopic (exact) mass is 469 g/mol. The molecule has 0 saturated heterocycles. The molecule has 8 nitrogen and oxygen atoms in total. The number of anilines is 2. The van der Waals surface area contributed by atoms with E-state index in [0.717, 1.165) is 11.1 Å². The number of amides is 1. The van der Waals surface area contributed by atoms with Gasteiger partial charge in [-0.3, -0.25) is 14.9 Å². The van der Waals surface area contributed by atoms with Crippen molar-refractivity contribution in [1.29, 1.82) is 0 Å². The van der Waals surface area contributed by atoms with Gasteiger partial charge in [0, 0.05) is 30.1 Å². The van der Waals surface area contributed by atoms with Crippen molar-refractivity contribution in [1.82, 2.24) is 0 Å². The summed E-state index contributed by atoms with van der Waals surface area (Å²) in [5.41, 5.74) is 3.10. The zero-order valence-corrected chi connectivity index (χ0v) is 19.0. The molecule has 3 aromatic carbocycles. The van der Waals surface area contributed by atoms with Crippen molar-refractivity contribution < 1.29 is 19.2 Å². The molecule has 0 spiro atoms. The van der Waals surface area contributed by atoms with Gasteiger partial charge in [0.05, 0.1) is 16.6 Å². The van der Waals surface area contributed by atoms with E-state index in [9.17, 15) is 14.9 Å². The van der Waals surface area contributed by atoms with Crippen LogP contribution in [0, 0.1) is 17.0 Å². The zero-order valence-electron chi connectivity index (χ0n) is 18.3. The summed E-state index contributed by atoms with van der Waals surface area (Å²) in [7, 11) is 0. The highest BCUT2D eigenvalue weighted by Crippen LogP contribution is 2.37. The second kappa shape index (κ2) is 11.2. The highest BCUT2D eigenvalue weighted by Gasteiger charge is 2.15. The summed E-state index contributed by atoms with van der Waals surface area (Å²) in [4.78, 5) is 22.8. The Balaban J connectivity index is 1.68. The lowest BCUT2D eigenvalue weighted by Crippen LogP contribution is -2.20. The topological polar surface area (TPSA) is 103 Å². The van der Waals surface area contributed by atoms with Gasteiger partial charge in [-0.2, -0.15) is 0 Å². The summed E-state index contributed by atoms with van der Waals surface area (Å²) in [6.07, 6.45) is 0. The Labute approximate surface area is 196 Å². The number of aryl methyl sites for hydroxylation is 1. The molecule has 172 valence electrons. The molecule has 0 fully saturated rings. The van der Waals surface area contributed by atoms with Crippen molar-refractivity contribution in [3.63, 3.8) is 0 Å². The van der Waals surface area contributed by atoms with Gasteiger partial charge >= 0.3 is 0 Å². The highest BCUT2D eigenvalue weighted by molar-refractivity contribution is 6.32. The van der Waals surface area contributed by atoms with Crippen molar-refractivity contribution >= 4 is 34.6 Å². The van der Waals surface area contributed by atoms with Crippen LogP contribution in [0.4, 0.5) is 17.1 Å². The fourth-order valence-electron chi connectivity index (χ4n) is 3.12. The lowest BCUT2D eigenvalue weighted by molar-refractivity contribution is -0.384. The Morgan fingerprint density at radius 3 is 2.55 bits per heavy atom. The predicted molar refractivity (Wildman–Crippen MR) is 128 cm³/mol. The van der Waals surface area contributed by atoms with Crippen LogP contribution in [0.5, 0.6) is 11.5 Å². The van der Waals surface area contributed by atoms with E-state index in [-0.39, 0.29) is 24.0 Å². The van der Waals surface area contributed by atoms with E-state index in [4.69, 9.17) is 21.1 Å². The first-order valence-electron chi connectivity index (χ1n) is 10.3. The first-order valence-corrected chi connectivity index (χ1v) is 10.7. The van der Waals surface area contributed by atoms with Crippen LogP contribution >= 0.6 is 11.6 Å². The van der Waals surface area contributed by atoms with Crippen molar-refractivity contribution in [3.05, 3.63) is 86.9 Å². The fraction of sp³-hybridized carbons (Fsp3) is 0.208. The molecule has 2 N–H and O–H groups in total. The van der Waals surface area contributed by atoms with Crippen LogP contribution in [-0.2, 0) is 11.3 Å². The van der Waals surface area contributed by atoms with Crippen LogP contribution in [0.25, 0.3) is 0 Å². The van der Waals surface area contributed by atoms with Gasteiger partial charge in [-0.25, -0.2) is 0 Å². The molecular formula is C24H24ClN3O5. The van der Waals surface area contributed by atoms with Crippen LogP contribution < -0.4 is 20.1 Å². The van der Waals surface area contributed by atoms with Gasteiger partial charge in [0.15, 0.2) is 18.1 Å². The Morgan fingerprint density at radius 1 is 1.06 bits per heavy atom. The molecule has 0 aliphatic heterocycles. The first-order chi connectivity index (χ1) is 15.9. The first kappa shape index (κ1) is 23.9. The molecule has 9 heteroatoms. The summed E-state index contributed by atoms with van der Waals surface area (Å²) in [6.45, 7) is 4.27. The molecule has 0 unspecified atom stereocenters. The van der Waals surface area contributed by atoms with E-state index in [1.54, 1.807) is 30.3 Å². The third-order valence-electron chi connectivity index (χ3n) is 4.57. The van der Waals surface area contributed by atoms with Gasteiger partial charge in [-0.15, -0.1) is 0 Å². The largest absolute Gasteiger partial charge is 0.490 e. The van der Waals surface area contributed by atoms with E-state index in [2.05, 4.69) is 10.6 Å². The number of benzene rings is 3. The number of hydrogen-bond donors (Lipinski definition) is 2. The molecular weight excluding hydrogens is 446 g/mol. The number of rotatable bonds is 10. The minimum atomic E-state index is -0.448. The molecule has 0 aliphatic rings. The van der Waals surface area contributed by atoms with Gasteiger partial charge in [0.25, 0.3) is 11.6 Å². The van der Waals surface area contributed by atoms with E-state index in [0.29, 0.717) is 35.3 Å². The van der Waals surface area contributed by atoms with E-state index >= 15 is 0 Å². The molecule has 3 rings (SSSR count). The van der Waals surface area contributed by atoms with Gasteiger partial charge in [-0.05, 0) is 55.3 Å². The molecule has 0 radical (unpaired) electrons. The summed E-state index contributed by atoms with van der Waals surface area (Å²) < 4.78 is 11.3. The summed E-state index contributed by atoms with van der Waals surface area (Å²) in [5, 5.41) is 17.2. The molecule has 0 aliphatic carbocycles. The van der Waals surface area contributed by atoms with Crippen LogP contribution in [-0.4, -0.2) is 24.0 Å². The molecule has 33 heavy (non-hydrogen) atoms. The maximum absolute atomic E-state index is 12.3. The molecule has 0 atom stereocenters. The van der Waals surface area contributed by atoms with E-state index in [1.807, 2.05) is 32.0 Å². The molecule has 0 saturated carbocycles. The van der Waals surface area contributed by atoms with E-state index in [1.165, 1.54) is 12.1 Å². The number of nitro groups is 1. The predicted octanol–water partition coefficient (Wildman–Crippen LogP) is 5.58. The number of carbonyl (C=O) groups excluding carboxylic acids is 1. The number of non-ortho nitro benzene ring substituents is 1. The summed E-state index contributed by atoms with van der Waals surface area (Å²) in [6, 6.07) is 17.1. The minimum absolute atomic E-state index is 0.000672. The third kappa shape index (κ3) is 6.85. The van der Waals surface area contributed by atoms with Crippen LogP contribution in [0.2, 0.25) is 5.02 Å². The SMILES string of the molecule is CCOc1cc(CNc2cccc([N+](=O)[O-])c2)cc(Cl)c1OCC(=O)Nc1cccc(C)c1. The van der Waals surface area contributed by atoms with E-state index < -0.39 is 4.92 Å². The van der Waals surface area contributed by atoms with Gasteiger partial charge in [0.1, 0.15) is 0 Å². The Morgan fingerprint density at radius 2 is 1.82 bits per heavy atom. The van der Waals surface area contributed by atoms with Gasteiger partial charge in [-0.1, -0.05) is 29.8 Å². The second-order valence-corrected chi connectivity index (χ2v) is 7.61. The third-order valence-corrected chi connectivity index (χ3v) is 4.85. The molecule has 0 bridgehead atoms. The molecule has 0 aromatic heterocycles. The van der Waals surface area contributed by atoms with Crippen LogP contribution in [0.3, 0.4) is 0 Å². The molecule has 0 heterocycles. The maximum Gasteiger partial charge on any atom is 0.271 e. The van der Waals surface area contributed by atoms with Crippen molar-refractivity contribution in [2.24, 2.45) is 0 Å². The number of carbonyl (C=O) groups is 1. The number of hydrogen-bond acceptors (Lipinski definition) is 6. The van der Waals surface area contributed by atoms with Crippen molar-refractivity contribution in [3.8, 4) is 11.5 Å². The number of nitro benzene ring substituents is 1. The Hall–Kier alpha value is -3.78. The van der Waals surface area contributed by atoms with Gasteiger partial charge < -0.3 is 20.1 Å². The fourth-order valence-corrected chi connectivity index (χ4v) is 3.41. The quantitative estimate of drug-likeness (QED) is 0.296. The lowest BCUT2D eigenvalue weighted by atomic mass is 10.2. The average Bonchev–Trinajstić information content (AvgIpc) is 2.77. The number of halogens is 1. The average molecular weight is 470 g/mol. The number of ether oxygens (including phenoxy) is 2. The maximum atomic E-state index is 12.3. The zero-order chi connectivity index (χ0) is 23.8. The normalized spacial score (nSPS) is 10.4. The number of nitrogens with one attached hydrogen (secondary N) is 2. The van der Waals surface area contributed by atoms with Gasteiger partial charge in [0.2, 0.25) is 0 Å². The van der Waals surface area contributed by atoms with Crippen LogP contribution in [0.15, 0.2) is 60.7 Å². The molecule has 3 aromatic rings. The molecule has 1 amide bonds. The summed E-state index contributed by atoms with van der Waals surface area (Å²) in [5.74, 6) is 0.358.